The number of para-hydroxylation sites is 1. The normalized spacial score (nSPS) is 38.1. The molecule has 3 aliphatic rings. The molecule has 1 aromatic heterocycles. The average Bonchev–Trinajstić information content (AvgIpc) is 3.40. The summed E-state index contributed by atoms with van der Waals surface area (Å²) < 4.78 is 41.3. The quantitative estimate of drug-likeness (QED) is 0.158. The molecule has 4 heterocycles. The van der Waals surface area contributed by atoms with Gasteiger partial charge in [-0.15, -0.1) is 0 Å². The Morgan fingerprint density at radius 1 is 0.945 bits per heavy atom. The Kier molecular flexibility index (Phi) is 13.1. The molecule has 12 heteroatoms. The van der Waals surface area contributed by atoms with Crippen LogP contribution in [0.4, 0.5) is 9.18 Å². The number of rotatable bonds is 8. The summed E-state index contributed by atoms with van der Waals surface area (Å²) in [5, 5.41) is 1.08. The number of Topliss-reactive ketones (excluding diaryl/α,β-unsaturated/α-hetero) is 2. The molecule has 3 aliphatic heterocycles. The Morgan fingerprint density at radius 2 is 1.64 bits per heavy atom. The lowest BCUT2D eigenvalue weighted by Gasteiger charge is -2.45. The molecule has 11 nitrogen and oxygen atoms in total. The average molecular weight is 768 g/mol. The summed E-state index contributed by atoms with van der Waals surface area (Å²) in [6.07, 6.45) is 1.50. The number of pyridine rings is 1. The molecule has 0 aliphatic carbocycles. The highest BCUT2D eigenvalue weighted by Gasteiger charge is 2.60. The number of benzene rings is 1. The molecule has 304 valence electrons. The Labute approximate surface area is 326 Å². The van der Waals surface area contributed by atoms with E-state index >= 15 is 4.39 Å². The number of carbonyl (C=O) groups is 4. The Hall–Kier alpha value is -3.48. The van der Waals surface area contributed by atoms with Crippen molar-refractivity contribution >= 4 is 34.5 Å². The first kappa shape index (κ1) is 42.7. The van der Waals surface area contributed by atoms with Crippen LogP contribution in [0.2, 0.25) is 0 Å². The molecule has 3 saturated heterocycles. The first-order valence-corrected chi connectivity index (χ1v) is 20.1. The van der Waals surface area contributed by atoms with Gasteiger partial charge in [0.25, 0.3) is 5.67 Å². The third-order valence-corrected chi connectivity index (χ3v) is 12.8. The van der Waals surface area contributed by atoms with Gasteiger partial charge in [0, 0.05) is 47.8 Å². The van der Waals surface area contributed by atoms with Crippen LogP contribution in [0.3, 0.4) is 0 Å². The summed E-state index contributed by atoms with van der Waals surface area (Å²) in [5.74, 6) is -5.30. The maximum Gasteiger partial charge on any atom is 0.410 e. The molecule has 2 aromatic rings. The van der Waals surface area contributed by atoms with Gasteiger partial charge >= 0.3 is 12.1 Å². The van der Waals surface area contributed by atoms with Crippen molar-refractivity contribution in [2.24, 2.45) is 29.6 Å². The summed E-state index contributed by atoms with van der Waals surface area (Å²) in [4.78, 5) is 64.0. The number of amides is 1. The topological polar surface area (TPSA) is 125 Å². The number of hydrogen-bond donors (Lipinski definition) is 0. The van der Waals surface area contributed by atoms with Gasteiger partial charge in [-0.3, -0.25) is 14.6 Å². The van der Waals surface area contributed by atoms with Crippen molar-refractivity contribution in [3.05, 3.63) is 42.1 Å². The molecule has 1 unspecified atom stereocenters. The summed E-state index contributed by atoms with van der Waals surface area (Å²) in [5.41, 5.74) is -2.47. The molecule has 3 fully saturated rings. The molecule has 1 aromatic carbocycles. The number of cyclic esters (lactones) is 1. The van der Waals surface area contributed by atoms with Crippen molar-refractivity contribution < 1.29 is 42.5 Å². The Bertz CT molecular complexity index is 1710. The van der Waals surface area contributed by atoms with Crippen LogP contribution in [0.1, 0.15) is 93.6 Å². The monoisotopic (exact) mass is 767 g/mol. The van der Waals surface area contributed by atoms with E-state index in [4.69, 9.17) is 18.9 Å². The summed E-state index contributed by atoms with van der Waals surface area (Å²) in [7, 11) is 4.00. The maximum absolute atomic E-state index is 16.6. The number of nitrogens with zero attached hydrogens (tertiary/aromatic N) is 3. The van der Waals surface area contributed by atoms with E-state index in [1.807, 2.05) is 72.1 Å². The second kappa shape index (κ2) is 16.9. The van der Waals surface area contributed by atoms with Crippen molar-refractivity contribution in [3.8, 4) is 0 Å². The van der Waals surface area contributed by atoms with Gasteiger partial charge in [-0.05, 0) is 97.5 Å². The van der Waals surface area contributed by atoms with E-state index in [0.29, 0.717) is 19.4 Å². The third-order valence-electron chi connectivity index (χ3n) is 12.8. The molecule has 0 radical (unpaired) electrons. The van der Waals surface area contributed by atoms with Crippen LogP contribution < -0.4 is 0 Å². The smallest absolute Gasteiger partial charge is 0.410 e. The fourth-order valence-corrected chi connectivity index (χ4v) is 9.38. The molecule has 0 spiro atoms. The lowest BCUT2D eigenvalue weighted by Crippen LogP contribution is -2.58. The number of fused-ring (bicyclic) bond motifs is 2. The van der Waals surface area contributed by atoms with Crippen molar-refractivity contribution in [2.45, 2.75) is 142 Å². The number of aryl methyl sites for hydroxylation is 1. The highest BCUT2D eigenvalue weighted by atomic mass is 19.1. The van der Waals surface area contributed by atoms with Crippen LogP contribution in [0.15, 0.2) is 36.5 Å². The van der Waals surface area contributed by atoms with E-state index in [2.05, 4.69) is 9.88 Å². The maximum atomic E-state index is 16.6. The Balaban J connectivity index is 1.42. The van der Waals surface area contributed by atoms with Crippen LogP contribution in [-0.2, 0) is 39.8 Å². The van der Waals surface area contributed by atoms with E-state index in [1.54, 1.807) is 31.9 Å². The predicted molar refractivity (Wildman–Crippen MR) is 207 cm³/mol. The van der Waals surface area contributed by atoms with E-state index in [9.17, 15) is 19.2 Å². The van der Waals surface area contributed by atoms with E-state index in [-0.39, 0.29) is 23.8 Å². The van der Waals surface area contributed by atoms with Crippen molar-refractivity contribution in [2.75, 3.05) is 20.6 Å². The molecule has 0 N–H and O–H groups in total. The third kappa shape index (κ3) is 8.61. The molecule has 1 amide bonds. The van der Waals surface area contributed by atoms with Crippen LogP contribution in [0.25, 0.3) is 10.9 Å². The lowest BCUT2D eigenvalue weighted by atomic mass is 9.75. The zero-order valence-corrected chi connectivity index (χ0v) is 34.5. The van der Waals surface area contributed by atoms with Crippen LogP contribution in [0.5, 0.6) is 0 Å². The largest absolute Gasteiger partial charge is 0.456 e. The summed E-state index contributed by atoms with van der Waals surface area (Å²) >= 11 is 0. The highest BCUT2D eigenvalue weighted by Crippen LogP contribution is 2.42. The van der Waals surface area contributed by atoms with Gasteiger partial charge < -0.3 is 28.7 Å². The lowest BCUT2D eigenvalue weighted by molar-refractivity contribution is -0.259. The SMILES string of the molecule is C[C@H]1[C@H](O[C@H]2[C@@H](C)C[C@@H](C)C(=O)[C@@H](C)C3N(CCCCc4ccnc5ccccc45)C(=O)O[C@]3(C)[C@@H](C)OC(=O)[C@@](C)(F)C(=O)[C@@H]2C)O[C@H](C)C[C@@H]1N(C)C. The van der Waals surface area contributed by atoms with Gasteiger partial charge in [0.1, 0.15) is 11.9 Å². The Morgan fingerprint density at radius 3 is 2.33 bits per heavy atom. The number of alkyl halides is 1. The number of halogens is 1. The first-order chi connectivity index (χ1) is 25.8. The number of ketones is 2. The molecular formula is C43H62FN3O8. The molecule has 0 saturated carbocycles. The fraction of sp³-hybridized carbons (Fsp3) is 0.698. The summed E-state index contributed by atoms with van der Waals surface area (Å²) in [6, 6.07) is 9.28. The van der Waals surface area contributed by atoms with Crippen LogP contribution in [-0.4, -0.2) is 107 Å². The van der Waals surface area contributed by atoms with E-state index in [1.165, 1.54) is 6.92 Å². The van der Waals surface area contributed by atoms with Gasteiger partial charge in [-0.25, -0.2) is 14.0 Å². The van der Waals surface area contributed by atoms with Crippen molar-refractivity contribution in [1.82, 2.24) is 14.8 Å². The number of unbranched alkanes of at least 4 members (excludes halogenated alkanes) is 1. The molecule has 5 rings (SSSR count). The number of aromatic nitrogens is 1. The van der Waals surface area contributed by atoms with Crippen molar-refractivity contribution in [3.63, 3.8) is 0 Å². The zero-order chi connectivity index (χ0) is 40.6. The minimum absolute atomic E-state index is 0.0805. The van der Waals surface area contributed by atoms with Gasteiger partial charge in [0.05, 0.1) is 23.8 Å². The van der Waals surface area contributed by atoms with Gasteiger partial charge in [-0.2, -0.15) is 0 Å². The molecular weight excluding hydrogens is 705 g/mol. The minimum Gasteiger partial charge on any atom is -0.456 e. The molecule has 13 atom stereocenters. The fourth-order valence-electron chi connectivity index (χ4n) is 9.38. The first-order valence-electron chi connectivity index (χ1n) is 20.1. The van der Waals surface area contributed by atoms with E-state index in [0.717, 1.165) is 42.7 Å². The van der Waals surface area contributed by atoms with Crippen molar-refractivity contribution in [1.29, 1.82) is 0 Å². The zero-order valence-electron chi connectivity index (χ0n) is 34.5. The number of ether oxygens (including phenoxy) is 4. The molecule has 55 heavy (non-hydrogen) atoms. The van der Waals surface area contributed by atoms with Gasteiger partial charge in [0.2, 0.25) is 0 Å². The van der Waals surface area contributed by atoms with Gasteiger partial charge in [0.15, 0.2) is 17.7 Å². The molecule has 0 bridgehead atoms. The second-order valence-electron chi connectivity index (χ2n) is 17.2. The number of hydrogen-bond acceptors (Lipinski definition) is 10. The minimum atomic E-state index is -3.03. The van der Waals surface area contributed by atoms with Crippen LogP contribution in [0, 0.1) is 29.6 Å². The van der Waals surface area contributed by atoms with Gasteiger partial charge in [-0.1, -0.05) is 52.8 Å². The number of esters is 1. The summed E-state index contributed by atoms with van der Waals surface area (Å²) in [6.45, 7) is 15.4. The number of carbonyl (C=O) groups excluding carboxylic acids is 4. The standard InChI is InChI=1S/C43H62FN3O8/c1-24-22-25(2)36(54-39-27(4)34(46(10)11)23-26(3)52-39)29(6)38(49)42(8,44)40(50)53-30(7)43(9)37(28(5)35(24)48)47(41(51)55-43)21-15-14-16-31-19-20-45-33-18-13-12-17-32(31)33/h12-13,17-20,24-30,34,36-37,39H,14-16,21-23H2,1-11H3/t24-,25+,26-,27-,28-,29-,30-,34+,36+,37?,39+,42+,43-/m1/s1. The predicted octanol–water partition coefficient (Wildman–Crippen LogP) is 6.97. The second-order valence-corrected chi connectivity index (χ2v) is 17.2. The van der Waals surface area contributed by atoms with Crippen LogP contribution >= 0.6 is 0 Å². The highest BCUT2D eigenvalue weighted by molar-refractivity contribution is 6.07. The van der Waals surface area contributed by atoms with E-state index < -0.39 is 77.3 Å².